The first-order chi connectivity index (χ1) is 10.9. The third-order valence-corrected chi connectivity index (χ3v) is 4.38. The van der Waals surface area contributed by atoms with E-state index in [0.29, 0.717) is 17.8 Å². The number of esters is 1. The molecule has 1 aromatic rings. The predicted octanol–water partition coefficient (Wildman–Crippen LogP) is 3.15. The number of ketones is 1. The molecular formula is C19H20O4. The summed E-state index contributed by atoms with van der Waals surface area (Å²) in [7, 11) is 1.32. The van der Waals surface area contributed by atoms with Crippen molar-refractivity contribution >= 4 is 11.8 Å². The van der Waals surface area contributed by atoms with Crippen LogP contribution in [0.2, 0.25) is 0 Å². The predicted molar refractivity (Wildman–Crippen MR) is 85.6 cm³/mol. The molecule has 1 aromatic carbocycles. The standard InChI is InChI=1S/C19H20O4/c1-19(2)10-9-13-15(23-19)11-14(12-7-5-4-6-8-12)16(17(13)20)18(21)22-3/h4-10,14,16H,11H2,1-3H3. The Bertz CT molecular complexity index is 697. The van der Waals surface area contributed by atoms with Crippen LogP contribution in [0, 0.1) is 5.92 Å². The second-order valence-electron chi connectivity index (χ2n) is 6.46. The number of hydrogen-bond acceptors (Lipinski definition) is 4. The first-order valence-electron chi connectivity index (χ1n) is 7.71. The van der Waals surface area contributed by atoms with Crippen LogP contribution in [-0.4, -0.2) is 24.5 Å². The molecule has 0 bridgehead atoms. The van der Waals surface area contributed by atoms with Gasteiger partial charge in [0.25, 0.3) is 0 Å². The summed E-state index contributed by atoms with van der Waals surface area (Å²) in [6, 6.07) is 9.59. The molecule has 0 aromatic heterocycles. The normalized spacial score (nSPS) is 25.6. The summed E-state index contributed by atoms with van der Waals surface area (Å²) < 4.78 is 10.9. The lowest BCUT2D eigenvalue weighted by Crippen LogP contribution is -2.39. The Morgan fingerprint density at radius 3 is 2.61 bits per heavy atom. The van der Waals surface area contributed by atoms with E-state index in [1.54, 1.807) is 6.08 Å². The van der Waals surface area contributed by atoms with E-state index >= 15 is 0 Å². The third kappa shape index (κ3) is 2.81. The number of carbonyl (C=O) groups excluding carboxylic acids is 2. The highest BCUT2D eigenvalue weighted by Gasteiger charge is 2.45. The molecular weight excluding hydrogens is 292 g/mol. The molecule has 4 nitrogen and oxygen atoms in total. The van der Waals surface area contributed by atoms with Crippen LogP contribution in [0.1, 0.15) is 31.7 Å². The summed E-state index contributed by atoms with van der Waals surface area (Å²) in [5.41, 5.74) is 0.990. The minimum absolute atomic E-state index is 0.223. The summed E-state index contributed by atoms with van der Waals surface area (Å²) in [6.07, 6.45) is 4.14. The molecule has 120 valence electrons. The minimum Gasteiger partial charge on any atom is -0.487 e. The van der Waals surface area contributed by atoms with Gasteiger partial charge in [-0.25, -0.2) is 0 Å². The number of hydrogen-bond donors (Lipinski definition) is 0. The van der Waals surface area contributed by atoms with Crippen molar-refractivity contribution in [3.8, 4) is 0 Å². The van der Waals surface area contributed by atoms with E-state index in [0.717, 1.165) is 5.56 Å². The van der Waals surface area contributed by atoms with Crippen LogP contribution < -0.4 is 0 Å². The van der Waals surface area contributed by atoms with Crippen molar-refractivity contribution in [3.63, 3.8) is 0 Å². The topological polar surface area (TPSA) is 52.6 Å². The van der Waals surface area contributed by atoms with Gasteiger partial charge in [0, 0.05) is 12.3 Å². The maximum atomic E-state index is 12.9. The van der Waals surface area contributed by atoms with Gasteiger partial charge < -0.3 is 9.47 Å². The monoisotopic (exact) mass is 312 g/mol. The van der Waals surface area contributed by atoms with Crippen LogP contribution in [0.15, 0.2) is 53.8 Å². The molecule has 0 saturated heterocycles. The maximum Gasteiger partial charge on any atom is 0.317 e. The fourth-order valence-electron chi connectivity index (χ4n) is 3.23. The number of Topliss-reactive ketones (excluding diaryl/α,β-unsaturated/α-hetero) is 1. The highest BCUT2D eigenvalue weighted by Crippen LogP contribution is 2.43. The van der Waals surface area contributed by atoms with Crippen molar-refractivity contribution in [1.29, 1.82) is 0 Å². The molecule has 0 saturated carbocycles. The van der Waals surface area contributed by atoms with Gasteiger partial charge in [-0.05, 0) is 31.6 Å². The number of allylic oxidation sites excluding steroid dienone is 3. The average Bonchev–Trinajstić information content (AvgIpc) is 2.53. The lowest BCUT2D eigenvalue weighted by Gasteiger charge is -2.37. The van der Waals surface area contributed by atoms with Crippen LogP contribution >= 0.6 is 0 Å². The number of rotatable bonds is 2. The minimum atomic E-state index is -0.824. The number of benzene rings is 1. The Morgan fingerprint density at radius 1 is 1.26 bits per heavy atom. The highest BCUT2D eigenvalue weighted by atomic mass is 16.5. The van der Waals surface area contributed by atoms with Crippen LogP contribution in [0.25, 0.3) is 0 Å². The molecule has 1 aliphatic heterocycles. The van der Waals surface area contributed by atoms with Crippen molar-refractivity contribution < 1.29 is 19.1 Å². The van der Waals surface area contributed by atoms with Crippen molar-refractivity contribution in [2.45, 2.75) is 31.8 Å². The van der Waals surface area contributed by atoms with E-state index in [2.05, 4.69) is 0 Å². The number of ether oxygens (including phenoxy) is 2. The zero-order chi connectivity index (χ0) is 16.6. The van der Waals surface area contributed by atoms with E-state index in [1.807, 2.05) is 50.3 Å². The van der Waals surface area contributed by atoms with Crippen LogP contribution in [0.4, 0.5) is 0 Å². The van der Waals surface area contributed by atoms with Crippen molar-refractivity contribution in [3.05, 3.63) is 59.4 Å². The average molecular weight is 312 g/mol. The molecule has 0 spiro atoms. The Kier molecular flexibility index (Phi) is 3.84. The molecule has 23 heavy (non-hydrogen) atoms. The van der Waals surface area contributed by atoms with E-state index in [4.69, 9.17) is 9.47 Å². The van der Waals surface area contributed by atoms with Crippen LogP contribution in [0.3, 0.4) is 0 Å². The summed E-state index contributed by atoms with van der Waals surface area (Å²) in [5, 5.41) is 0. The van der Waals surface area contributed by atoms with E-state index in [1.165, 1.54) is 7.11 Å². The van der Waals surface area contributed by atoms with Gasteiger partial charge in [-0.1, -0.05) is 30.3 Å². The molecule has 1 aliphatic carbocycles. The fourth-order valence-corrected chi connectivity index (χ4v) is 3.23. The van der Waals surface area contributed by atoms with Gasteiger partial charge in [0.2, 0.25) is 0 Å². The van der Waals surface area contributed by atoms with Crippen molar-refractivity contribution in [2.75, 3.05) is 7.11 Å². The molecule has 4 heteroatoms. The van der Waals surface area contributed by atoms with Gasteiger partial charge in [-0.3, -0.25) is 9.59 Å². The van der Waals surface area contributed by atoms with E-state index in [9.17, 15) is 9.59 Å². The molecule has 0 amide bonds. The van der Waals surface area contributed by atoms with Gasteiger partial charge in [0.15, 0.2) is 5.78 Å². The molecule has 1 heterocycles. The molecule has 2 aliphatic rings. The van der Waals surface area contributed by atoms with Crippen molar-refractivity contribution in [2.24, 2.45) is 5.92 Å². The molecule has 2 atom stereocenters. The van der Waals surface area contributed by atoms with Crippen molar-refractivity contribution in [1.82, 2.24) is 0 Å². The molecule has 0 N–H and O–H groups in total. The molecule has 0 fully saturated rings. The first-order valence-corrected chi connectivity index (χ1v) is 7.71. The third-order valence-electron chi connectivity index (χ3n) is 4.38. The second-order valence-corrected chi connectivity index (χ2v) is 6.46. The largest absolute Gasteiger partial charge is 0.487 e. The van der Waals surface area contributed by atoms with Gasteiger partial charge >= 0.3 is 5.97 Å². The van der Waals surface area contributed by atoms with Gasteiger partial charge in [0.1, 0.15) is 17.3 Å². The Labute approximate surface area is 135 Å². The smallest absolute Gasteiger partial charge is 0.317 e. The van der Waals surface area contributed by atoms with Crippen LogP contribution in [0.5, 0.6) is 0 Å². The number of carbonyl (C=O) groups is 2. The molecule has 3 rings (SSSR count). The maximum absolute atomic E-state index is 12.9. The Hall–Kier alpha value is -2.36. The summed E-state index contributed by atoms with van der Waals surface area (Å²) >= 11 is 0. The van der Waals surface area contributed by atoms with Crippen LogP contribution in [-0.2, 0) is 19.1 Å². The highest BCUT2D eigenvalue weighted by molar-refractivity contribution is 6.11. The zero-order valence-electron chi connectivity index (χ0n) is 13.5. The van der Waals surface area contributed by atoms with Gasteiger partial charge in [0.05, 0.1) is 12.7 Å². The van der Waals surface area contributed by atoms with Gasteiger partial charge in [-0.2, -0.15) is 0 Å². The lowest BCUT2D eigenvalue weighted by molar-refractivity contribution is -0.150. The quantitative estimate of drug-likeness (QED) is 0.622. The summed E-state index contributed by atoms with van der Waals surface area (Å²) in [6.45, 7) is 3.89. The first kappa shape index (κ1) is 15.5. The fraction of sp³-hybridized carbons (Fsp3) is 0.368. The zero-order valence-corrected chi connectivity index (χ0v) is 13.5. The summed E-state index contributed by atoms with van der Waals surface area (Å²) in [5.74, 6) is -1.14. The van der Waals surface area contributed by atoms with Gasteiger partial charge in [-0.15, -0.1) is 0 Å². The summed E-state index contributed by atoms with van der Waals surface area (Å²) in [4.78, 5) is 25.1. The van der Waals surface area contributed by atoms with E-state index < -0.39 is 17.5 Å². The Morgan fingerprint density at radius 2 is 1.96 bits per heavy atom. The second kappa shape index (κ2) is 5.69. The molecule has 2 unspecified atom stereocenters. The number of methoxy groups -OCH3 is 1. The molecule has 0 radical (unpaired) electrons. The van der Waals surface area contributed by atoms with E-state index in [-0.39, 0.29) is 11.7 Å². The Balaban J connectivity index is 2.05. The SMILES string of the molecule is COC(=O)C1C(=O)C2=C(CC1c1ccccc1)OC(C)(C)C=C2. The lowest BCUT2D eigenvalue weighted by atomic mass is 9.73.